The van der Waals surface area contributed by atoms with E-state index in [1.165, 1.54) is 12.0 Å². The molecule has 2 rings (SSSR count). The molecule has 0 N–H and O–H groups in total. The number of benzene rings is 1. The van der Waals surface area contributed by atoms with Crippen molar-refractivity contribution in [2.24, 2.45) is 5.92 Å². The lowest BCUT2D eigenvalue weighted by atomic mass is 9.78. The average molecular weight is 202 g/mol. The minimum Gasteiger partial charge on any atom is -0.294 e. The van der Waals surface area contributed by atoms with Crippen LogP contribution < -0.4 is 0 Å². The molecule has 0 unspecified atom stereocenters. The molecule has 0 aliphatic heterocycles. The van der Waals surface area contributed by atoms with Gasteiger partial charge < -0.3 is 0 Å². The van der Waals surface area contributed by atoms with E-state index < -0.39 is 0 Å². The van der Waals surface area contributed by atoms with Gasteiger partial charge in [-0.15, -0.1) is 0 Å². The molecule has 0 bridgehead atoms. The van der Waals surface area contributed by atoms with Crippen LogP contribution in [0.1, 0.15) is 54.9 Å². The third kappa shape index (κ3) is 1.97. The van der Waals surface area contributed by atoms with Crippen LogP contribution in [-0.4, -0.2) is 5.78 Å². The van der Waals surface area contributed by atoms with E-state index in [2.05, 4.69) is 19.9 Å². The number of carbonyl (C=O) groups is 1. The first-order chi connectivity index (χ1) is 7.20. The molecule has 0 aromatic heterocycles. The minimum atomic E-state index is 0.310. The Balaban J connectivity index is 2.29. The topological polar surface area (TPSA) is 17.1 Å². The maximum atomic E-state index is 12.2. The van der Waals surface area contributed by atoms with Crippen molar-refractivity contribution in [1.29, 1.82) is 0 Å². The number of hydrogen-bond acceptors (Lipinski definition) is 1. The summed E-state index contributed by atoms with van der Waals surface area (Å²) in [6, 6.07) is 8.05. The van der Waals surface area contributed by atoms with E-state index in [1.54, 1.807) is 0 Å². The zero-order chi connectivity index (χ0) is 10.8. The van der Waals surface area contributed by atoms with E-state index in [9.17, 15) is 4.79 Å². The third-order valence-electron chi connectivity index (χ3n) is 3.32. The molecule has 0 spiro atoms. The van der Waals surface area contributed by atoms with Gasteiger partial charge in [-0.25, -0.2) is 0 Å². The van der Waals surface area contributed by atoms with E-state index in [0.29, 0.717) is 17.6 Å². The molecule has 1 aliphatic rings. The molecule has 1 aliphatic carbocycles. The maximum Gasteiger partial charge on any atom is 0.166 e. The predicted octanol–water partition coefficient (Wildman–Crippen LogP) is 3.79. The van der Waals surface area contributed by atoms with Crippen molar-refractivity contribution in [3.63, 3.8) is 0 Å². The zero-order valence-electron chi connectivity index (χ0n) is 9.49. The fourth-order valence-electron chi connectivity index (χ4n) is 2.12. The molecular formula is C14H18O. The highest BCUT2D eigenvalue weighted by molar-refractivity contribution is 5.99. The summed E-state index contributed by atoms with van der Waals surface area (Å²) in [5.41, 5.74) is 2.16. The average Bonchev–Trinajstić information content (AvgIpc) is 2.15. The monoisotopic (exact) mass is 202 g/mol. The summed E-state index contributed by atoms with van der Waals surface area (Å²) < 4.78 is 0. The molecule has 0 radical (unpaired) electrons. The molecule has 0 atom stereocenters. The van der Waals surface area contributed by atoms with Crippen LogP contribution >= 0.6 is 0 Å². The van der Waals surface area contributed by atoms with Crippen LogP contribution in [0.4, 0.5) is 0 Å². The van der Waals surface area contributed by atoms with Crippen molar-refractivity contribution >= 4 is 5.78 Å². The van der Waals surface area contributed by atoms with Gasteiger partial charge in [0.15, 0.2) is 5.78 Å². The summed E-state index contributed by atoms with van der Waals surface area (Å²) >= 11 is 0. The Morgan fingerprint density at radius 3 is 2.47 bits per heavy atom. The van der Waals surface area contributed by atoms with Crippen molar-refractivity contribution in [2.75, 3.05) is 0 Å². The Morgan fingerprint density at radius 1 is 1.27 bits per heavy atom. The lowest BCUT2D eigenvalue weighted by Crippen LogP contribution is -2.23. The summed E-state index contributed by atoms with van der Waals surface area (Å²) in [7, 11) is 0. The molecule has 15 heavy (non-hydrogen) atoms. The summed E-state index contributed by atoms with van der Waals surface area (Å²) in [4.78, 5) is 12.2. The van der Waals surface area contributed by atoms with Crippen LogP contribution in [0.25, 0.3) is 0 Å². The molecule has 1 aromatic rings. The first kappa shape index (κ1) is 10.4. The van der Waals surface area contributed by atoms with Crippen LogP contribution in [0.3, 0.4) is 0 Å². The van der Waals surface area contributed by atoms with E-state index in [4.69, 9.17) is 0 Å². The first-order valence-electron chi connectivity index (χ1n) is 5.83. The number of hydrogen-bond donors (Lipinski definition) is 0. The van der Waals surface area contributed by atoms with Crippen LogP contribution in [0.15, 0.2) is 24.3 Å². The molecule has 1 aromatic carbocycles. The molecule has 80 valence electrons. The fourth-order valence-corrected chi connectivity index (χ4v) is 2.12. The Morgan fingerprint density at radius 2 is 1.93 bits per heavy atom. The highest BCUT2D eigenvalue weighted by atomic mass is 16.1. The van der Waals surface area contributed by atoms with Crippen LogP contribution in [0.5, 0.6) is 0 Å². The summed E-state index contributed by atoms with van der Waals surface area (Å²) in [5.74, 6) is 1.11. The number of carbonyl (C=O) groups excluding carboxylic acids is 1. The van der Waals surface area contributed by atoms with Gasteiger partial charge in [-0.2, -0.15) is 0 Å². The van der Waals surface area contributed by atoms with Crippen molar-refractivity contribution in [3.05, 3.63) is 35.4 Å². The van der Waals surface area contributed by atoms with E-state index in [0.717, 1.165) is 18.4 Å². The fraction of sp³-hybridized carbons (Fsp3) is 0.500. The molecule has 0 heterocycles. The molecule has 0 amide bonds. The van der Waals surface area contributed by atoms with E-state index in [-0.39, 0.29) is 0 Å². The molecule has 1 heteroatoms. The smallest absolute Gasteiger partial charge is 0.166 e. The Labute approximate surface area is 91.5 Å². The van der Waals surface area contributed by atoms with Gasteiger partial charge in [-0.3, -0.25) is 4.79 Å². The third-order valence-corrected chi connectivity index (χ3v) is 3.32. The minimum absolute atomic E-state index is 0.310. The summed E-state index contributed by atoms with van der Waals surface area (Å²) in [5, 5.41) is 0. The zero-order valence-corrected chi connectivity index (χ0v) is 9.49. The number of Topliss-reactive ketones (excluding diaryl/α,β-unsaturated/α-hetero) is 1. The van der Waals surface area contributed by atoms with Gasteiger partial charge in [0.2, 0.25) is 0 Å². The van der Waals surface area contributed by atoms with Gasteiger partial charge in [-0.05, 0) is 24.3 Å². The standard InChI is InChI=1S/C14H18O/c1-10(2)12-8-3-4-9-13(12)14(15)11-6-5-7-11/h3-4,8-11H,5-7H2,1-2H3. The Hall–Kier alpha value is -1.11. The first-order valence-corrected chi connectivity index (χ1v) is 5.83. The van der Waals surface area contributed by atoms with Crippen molar-refractivity contribution in [1.82, 2.24) is 0 Å². The lowest BCUT2D eigenvalue weighted by Gasteiger charge is -2.25. The van der Waals surface area contributed by atoms with Crippen molar-refractivity contribution < 1.29 is 4.79 Å². The number of rotatable bonds is 3. The normalized spacial score (nSPS) is 16.5. The van der Waals surface area contributed by atoms with Crippen LogP contribution in [0, 0.1) is 5.92 Å². The quantitative estimate of drug-likeness (QED) is 0.681. The highest BCUT2D eigenvalue weighted by Crippen LogP contribution is 2.32. The van der Waals surface area contributed by atoms with Gasteiger partial charge in [0.1, 0.15) is 0 Å². The molecule has 1 saturated carbocycles. The largest absolute Gasteiger partial charge is 0.294 e. The van der Waals surface area contributed by atoms with Gasteiger partial charge in [0.25, 0.3) is 0 Å². The van der Waals surface area contributed by atoms with E-state index in [1.807, 2.05) is 18.2 Å². The van der Waals surface area contributed by atoms with Crippen LogP contribution in [-0.2, 0) is 0 Å². The van der Waals surface area contributed by atoms with Crippen molar-refractivity contribution in [3.8, 4) is 0 Å². The second-order valence-corrected chi connectivity index (χ2v) is 4.73. The van der Waals surface area contributed by atoms with E-state index >= 15 is 0 Å². The second-order valence-electron chi connectivity index (χ2n) is 4.73. The highest BCUT2D eigenvalue weighted by Gasteiger charge is 2.27. The van der Waals surface area contributed by atoms with Gasteiger partial charge in [0, 0.05) is 11.5 Å². The molecule has 1 nitrogen and oxygen atoms in total. The van der Waals surface area contributed by atoms with Gasteiger partial charge in [0.05, 0.1) is 0 Å². The number of ketones is 1. The molecular weight excluding hydrogens is 184 g/mol. The maximum absolute atomic E-state index is 12.2. The summed E-state index contributed by atoms with van der Waals surface area (Å²) in [6.45, 7) is 4.29. The lowest BCUT2D eigenvalue weighted by molar-refractivity contribution is 0.0854. The van der Waals surface area contributed by atoms with Gasteiger partial charge in [-0.1, -0.05) is 44.5 Å². The van der Waals surface area contributed by atoms with Gasteiger partial charge >= 0.3 is 0 Å². The van der Waals surface area contributed by atoms with Crippen LogP contribution in [0.2, 0.25) is 0 Å². The molecule has 0 saturated heterocycles. The molecule has 1 fully saturated rings. The Kier molecular flexibility index (Phi) is 2.90. The summed E-state index contributed by atoms with van der Waals surface area (Å²) in [6.07, 6.45) is 3.40. The SMILES string of the molecule is CC(C)c1ccccc1C(=O)C1CCC1. The van der Waals surface area contributed by atoms with Crippen molar-refractivity contribution in [2.45, 2.75) is 39.0 Å². The Bertz CT molecular complexity index is 361. The predicted molar refractivity (Wildman–Crippen MR) is 62.2 cm³/mol. The second kappa shape index (κ2) is 4.18.